The van der Waals surface area contributed by atoms with Gasteiger partial charge in [0.25, 0.3) is 0 Å². The second-order valence-electron chi connectivity index (χ2n) is 9.54. The van der Waals surface area contributed by atoms with Gasteiger partial charge in [0.15, 0.2) is 0 Å². The lowest BCUT2D eigenvalue weighted by atomic mass is 9.96. The third-order valence-corrected chi connectivity index (χ3v) is 7.18. The summed E-state index contributed by atoms with van der Waals surface area (Å²) in [4.78, 5) is 36.8. The summed E-state index contributed by atoms with van der Waals surface area (Å²) in [5.74, 6) is -0.993. The number of alkyl carbamates (subject to hydrolysis) is 1. The first-order valence-corrected chi connectivity index (χ1v) is 12.0. The molecule has 2 unspecified atom stereocenters. The molecule has 0 saturated heterocycles. The van der Waals surface area contributed by atoms with Crippen LogP contribution in [0.25, 0.3) is 11.1 Å². The number of carboxylic acids is 1. The van der Waals surface area contributed by atoms with Gasteiger partial charge < -0.3 is 20.5 Å². The zero-order chi connectivity index (χ0) is 24.3. The predicted octanol–water partition coefficient (Wildman–Crippen LogP) is 4.31. The number of hydrogen-bond donors (Lipinski definition) is 3. The Morgan fingerprint density at radius 1 is 1.06 bits per heavy atom. The van der Waals surface area contributed by atoms with Crippen molar-refractivity contribution < 1.29 is 24.2 Å². The van der Waals surface area contributed by atoms with Gasteiger partial charge in [0.05, 0.1) is 6.42 Å². The molecule has 1 saturated carbocycles. The highest BCUT2D eigenvalue weighted by molar-refractivity contribution is 5.89. The van der Waals surface area contributed by atoms with E-state index in [4.69, 9.17) is 9.84 Å². The fraction of sp³-hybridized carbons (Fsp3) is 0.444. The number of fused-ring (bicyclic) bond motifs is 3. The van der Waals surface area contributed by atoms with Gasteiger partial charge in [0.2, 0.25) is 5.91 Å². The van der Waals surface area contributed by atoms with E-state index in [2.05, 4.69) is 34.9 Å². The zero-order valence-corrected chi connectivity index (χ0v) is 19.7. The second kappa shape index (κ2) is 9.87. The van der Waals surface area contributed by atoms with Crippen molar-refractivity contribution in [1.82, 2.24) is 10.6 Å². The third-order valence-electron chi connectivity index (χ3n) is 7.18. The maximum absolute atomic E-state index is 12.9. The second-order valence-corrected chi connectivity index (χ2v) is 9.54. The van der Waals surface area contributed by atoms with Crippen molar-refractivity contribution in [3.05, 3.63) is 59.7 Å². The van der Waals surface area contributed by atoms with E-state index >= 15 is 0 Å². The first-order chi connectivity index (χ1) is 16.3. The number of carbonyl (C=O) groups is 3. The number of aliphatic carboxylic acids is 1. The summed E-state index contributed by atoms with van der Waals surface area (Å²) >= 11 is 0. The highest BCUT2D eigenvalue weighted by Gasteiger charge is 2.37. The fourth-order valence-corrected chi connectivity index (χ4v) is 4.78. The number of carbonyl (C=O) groups excluding carboxylic acids is 2. The van der Waals surface area contributed by atoms with Crippen molar-refractivity contribution in [3.8, 4) is 11.1 Å². The van der Waals surface area contributed by atoms with Gasteiger partial charge >= 0.3 is 12.1 Å². The molecule has 0 bridgehead atoms. The van der Waals surface area contributed by atoms with E-state index in [-0.39, 0.29) is 37.3 Å². The summed E-state index contributed by atoms with van der Waals surface area (Å²) in [7, 11) is 0. The van der Waals surface area contributed by atoms with Gasteiger partial charge in [-0.25, -0.2) is 4.79 Å². The van der Waals surface area contributed by atoms with Crippen molar-refractivity contribution in [2.45, 2.75) is 51.0 Å². The molecule has 2 aromatic carbocycles. The van der Waals surface area contributed by atoms with Gasteiger partial charge in [-0.3, -0.25) is 9.59 Å². The van der Waals surface area contributed by atoms with Crippen LogP contribution in [0.5, 0.6) is 0 Å². The first-order valence-electron chi connectivity index (χ1n) is 12.0. The smallest absolute Gasteiger partial charge is 0.408 e. The SMILES string of the molecule is CCC(C)(NC(=O)OCC1c2ccccc2-c2ccccc21)C(=O)NCC(CC(=O)O)C1CC1. The average molecular weight is 465 g/mol. The molecule has 2 aliphatic carbocycles. The maximum atomic E-state index is 12.9. The summed E-state index contributed by atoms with van der Waals surface area (Å²) in [6, 6.07) is 16.2. The van der Waals surface area contributed by atoms with Crippen molar-refractivity contribution in [2.75, 3.05) is 13.2 Å². The molecule has 34 heavy (non-hydrogen) atoms. The van der Waals surface area contributed by atoms with Gasteiger partial charge in [-0.05, 0) is 60.3 Å². The zero-order valence-electron chi connectivity index (χ0n) is 19.7. The van der Waals surface area contributed by atoms with Crippen LogP contribution in [0.4, 0.5) is 4.79 Å². The van der Waals surface area contributed by atoms with Crippen molar-refractivity contribution in [2.24, 2.45) is 11.8 Å². The molecule has 180 valence electrons. The van der Waals surface area contributed by atoms with Crippen molar-refractivity contribution >= 4 is 18.0 Å². The molecule has 7 heteroatoms. The minimum atomic E-state index is -1.15. The summed E-state index contributed by atoms with van der Waals surface area (Å²) in [5, 5.41) is 14.7. The van der Waals surface area contributed by atoms with E-state index in [1.807, 2.05) is 31.2 Å². The normalized spacial score (nSPS) is 17.1. The molecule has 0 heterocycles. The number of amides is 2. The lowest BCUT2D eigenvalue weighted by molar-refractivity contribution is -0.138. The molecule has 4 rings (SSSR count). The van der Waals surface area contributed by atoms with Crippen LogP contribution >= 0.6 is 0 Å². The van der Waals surface area contributed by atoms with Crippen LogP contribution in [0.3, 0.4) is 0 Å². The molecular formula is C27H32N2O5. The number of rotatable bonds is 10. The Morgan fingerprint density at radius 2 is 1.65 bits per heavy atom. The summed E-state index contributed by atoms with van der Waals surface area (Å²) in [6.07, 6.45) is 1.75. The fourth-order valence-electron chi connectivity index (χ4n) is 4.78. The number of hydrogen-bond acceptors (Lipinski definition) is 4. The number of benzene rings is 2. The van der Waals surface area contributed by atoms with Crippen LogP contribution in [0.15, 0.2) is 48.5 Å². The van der Waals surface area contributed by atoms with Crippen LogP contribution in [0.2, 0.25) is 0 Å². The van der Waals surface area contributed by atoms with Crippen LogP contribution in [-0.4, -0.2) is 41.8 Å². The standard InChI is InChI=1S/C27H32N2O5/c1-3-27(2,25(32)28-15-18(14-24(30)31)17-12-13-17)29-26(33)34-16-23-21-10-6-4-8-19(21)20-9-5-7-11-22(20)23/h4-11,17-18,23H,3,12-16H2,1-2H3,(H,28,32)(H,29,33)(H,30,31). The Balaban J connectivity index is 1.36. The maximum Gasteiger partial charge on any atom is 0.408 e. The van der Waals surface area contributed by atoms with Crippen LogP contribution < -0.4 is 10.6 Å². The molecule has 1 fully saturated rings. The van der Waals surface area contributed by atoms with Crippen LogP contribution in [0, 0.1) is 11.8 Å². The van der Waals surface area contributed by atoms with Crippen molar-refractivity contribution in [1.29, 1.82) is 0 Å². The van der Waals surface area contributed by atoms with E-state index in [0.29, 0.717) is 12.3 Å². The summed E-state index contributed by atoms with van der Waals surface area (Å²) < 4.78 is 5.61. The number of nitrogens with one attached hydrogen (secondary N) is 2. The van der Waals surface area contributed by atoms with Crippen molar-refractivity contribution in [3.63, 3.8) is 0 Å². The largest absolute Gasteiger partial charge is 0.481 e. The Labute approximate surface area is 199 Å². The van der Waals surface area contributed by atoms with Gasteiger partial charge in [-0.2, -0.15) is 0 Å². The number of carboxylic acid groups (broad SMARTS) is 1. The molecule has 2 atom stereocenters. The quantitative estimate of drug-likeness (QED) is 0.486. The van der Waals surface area contributed by atoms with Gasteiger partial charge in [-0.15, -0.1) is 0 Å². The lowest BCUT2D eigenvalue weighted by Crippen LogP contribution is -2.57. The minimum absolute atomic E-state index is 0.0353. The molecule has 0 aliphatic heterocycles. The van der Waals surface area contributed by atoms with E-state index in [1.165, 1.54) is 0 Å². The molecular weight excluding hydrogens is 432 g/mol. The molecule has 0 radical (unpaired) electrons. The highest BCUT2D eigenvalue weighted by atomic mass is 16.5. The topological polar surface area (TPSA) is 105 Å². The Hall–Kier alpha value is -3.35. The number of ether oxygens (including phenoxy) is 1. The molecule has 2 aromatic rings. The minimum Gasteiger partial charge on any atom is -0.481 e. The van der Waals surface area contributed by atoms with Gasteiger partial charge in [-0.1, -0.05) is 55.5 Å². The van der Waals surface area contributed by atoms with E-state index in [0.717, 1.165) is 35.1 Å². The monoisotopic (exact) mass is 464 g/mol. The van der Waals surface area contributed by atoms with E-state index in [9.17, 15) is 14.4 Å². The molecule has 0 aromatic heterocycles. The van der Waals surface area contributed by atoms with Crippen LogP contribution in [0.1, 0.15) is 56.6 Å². The molecule has 2 amide bonds. The molecule has 3 N–H and O–H groups in total. The van der Waals surface area contributed by atoms with Gasteiger partial charge in [0, 0.05) is 12.5 Å². The molecule has 7 nitrogen and oxygen atoms in total. The predicted molar refractivity (Wildman–Crippen MR) is 128 cm³/mol. The summed E-state index contributed by atoms with van der Waals surface area (Å²) in [6.45, 7) is 3.94. The van der Waals surface area contributed by atoms with Crippen LogP contribution in [-0.2, 0) is 14.3 Å². The first kappa shape index (κ1) is 23.8. The lowest BCUT2D eigenvalue weighted by Gasteiger charge is -2.29. The highest BCUT2D eigenvalue weighted by Crippen LogP contribution is 2.44. The third kappa shape index (κ3) is 5.08. The van der Waals surface area contributed by atoms with E-state index < -0.39 is 17.6 Å². The molecule has 0 spiro atoms. The Kier molecular flexibility index (Phi) is 6.91. The average Bonchev–Trinajstić information content (AvgIpc) is 3.62. The van der Waals surface area contributed by atoms with Gasteiger partial charge in [0.1, 0.15) is 12.1 Å². The molecule has 2 aliphatic rings. The Morgan fingerprint density at radius 3 is 2.18 bits per heavy atom. The van der Waals surface area contributed by atoms with E-state index in [1.54, 1.807) is 6.92 Å². The summed E-state index contributed by atoms with van der Waals surface area (Å²) in [5.41, 5.74) is 3.39. The Bertz CT molecular complexity index is 1030.